The number of benzene rings is 11. The molecule has 0 spiro atoms. The van der Waals surface area contributed by atoms with Crippen LogP contribution in [0.2, 0.25) is 0 Å². The Bertz CT molecular complexity index is 3440. The summed E-state index contributed by atoms with van der Waals surface area (Å²) >= 11 is 0. The van der Waals surface area contributed by atoms with Crippen LogP contribution in [0.4, 0.5) is 17.1 Å². The zero-order chi connectivity index (χ0) is 43.2. The fourth-order valence-electron chi connectivity index (χ4n) is 10.4. The Labute approximate surface area is 380 Å². The molecule has 0 fully saturated rings. The van der Waals surface area contributed by atoms with E-state index in [0.29, 0.717) is 0 Å². The van der Waals surface area contributed by atoms with E-state index >= 15 is 0 Å². The van der Waals surface area contributed by atoms with Gasteiger partial charge in [0.2, 0.25) is 0 Å². The van der Waals surface area contributed by atoms with Crippen molar-refractivity contribution in [3.05, 3.63) is 267 Å². The highest BCUT2D eigenvalue weighted by Gasteiger charge is 2.41. The molecule has 12 rings (SSSR count). The van der Waals surface area contributed by atoms with Crippen molar-refractivity contribution in [1.82, 2.24) is 4.57 Å². The molecule has 0 N–H and O–H groups in total. The van der Waals surface area contributed by atoms with Gasteiger partial charge in [-0.1, -0.05) is 212 Å². The van der Waals surface area contributed by atoms with E-state index in [4.69, 9.17) is 0 Å². The quantitative estimate of drug-likeness (QED) is 0.0756. The molecule has 0 radical (unpaired) electrons. The number of nitrogens with zero attached hydrogens (tertiary/aromatic N) is 2. The van der Waals surface area contributed by atoms with Gasteiger partial charge in [-0.05, 0) is 103 Å². The van der Waals surface area contributed by atoms with Crippen LogP contribution in [0.25, 0.3) is 60.5 Å². The van der Waals surface area contributed by atoms with E-state index in [0.717, 1.165) is 22.7 Å². The zero-order valence-corrected chi connectivity index (χ0v) is 36.8. The standard InChI is InChI=1S/C62H44N2Si/c1-6-17-45(18-7-1)46-29-36-51(37-30-46)63(58-43-44-60-62-57(58)42-35-49-19-16-28-59(61(49)62)64(60)50-20-8-2-9-21-50)52-38-31-47(32-39-52)48-33-40-56(41-34-48)65(53-22-10-3-11-23-53,54-24-12-4-13-25-54)55-26-14-5-15-27-55/h1-44H. The van der Waals surface area contributed by atoms with Crippen LogP contribution in [0, 0.1) is 0 Å². The van der Waals surface area contributed by atoms with Crippen LogP contribution < -0.4 is 25.6 Å². The van der Waals surface area contributed by atoms with Gasteiger partial charge < -0.3 is 9.47 Å². The van der Waals surface area contributed by atoms with Crippen LogP contribution in [0.1, 0.15) is 0 Å². The topological polar surface area (TPSA) is 8.17 Å². The third kappa shape index (κ3) is 6.47. The zero-order valence-electron chi connectivity index (χ0n) is 35.8. The van der Waals surface area contributed by atoms with Crippen LogP contribution >= 0.6 is 0 Å². The minimum atomic E-state index is -2.62. The van der Waals surface area contributed by atoms with Gasteiger partial charge in [-0.25, -0.2) is 0 Å². The summed E-state index contributed by atoms with van der Waals surface area (Å²) in [6, 6.07) is 98.2. The van der Waals surface area contributed by atoms with Gasteiger partial charge >= 0.3 is 0 Å². The molecule has 0 aliphatic rings. The molecule has 3 heteroatoms. The Morgan fingerprint density at radius 3 is 1.25 bits per heavy atom. The lowest BCUT2D eigenvalue weighted by atomic mass is 9.99. The minimum Gasteiger partial charge on any atom is -0.310 e. The van der Waals surface area contributed by atoms with E-state index in [1.54, 1.807) is 0 Å². The molecule has 0 bridgehead atoms. The molecule has 2 nitrogen and oxygen atoms in total. The third-order valence-electron chi connectivity index (χ3n) is 13.3. The third-order valence-corrected chi connectivity index (χ3v) is 18.1. The van der Waals surface area contributed by atoms with Gasteiger partial charge in [0.05, 0.1) is 16.7 Å². The molecule has 0 aliphatic carbocycles. The van der Waals surface area contributed by atoms with Gasteiger partial charge in [-0.3, -0.25) is 0 Å². The Morgan fingerprint density at radius 1 is 0.292 bits per heavy atom. The highest BCUT2D eigenvalue weighted by molar-refractivity contribution is 7.19. The monoisotopic (exact) mass is 844 g/mol. The fraction of sp³-hybridized carbons (Fsp3) is 0. The van der Waals surface area contributed by atoms with Gasteiger partial charge in [-0.15, -0.1) is 0 Å². The Balaban J connectivity index is 0.981. The largest absolute Gasteiger partial charge is 0.310 e. The number of para-hydroxylation sites is 1. The van der Waals surface area contributed by atoms with Crippen LogP contribution in [0.5, 0.6) is 0 Å². The van der Waals surface area contributed by atoms with E-state index in [-0.39, 0.29) is 0 Å². The second-order valence-corrected chi connectivity index (χ2v) is 20.7. The lowest BCUT2D eigenvalue weighted by molar-refractivity contribution is 1.18. The fourth-order valence-corrected chi connectivity index (χ4v) is 15.1. The summed E-state index contributed by atoms with van der Waals surface area (Å²) in [6.07, 6.45) is 0. The van der Waals surface area contributed by atoms with Crippen LogP contribution in [0.15, 0.2) is 267 Å². The maximum absolute atomic E-state index is 2.62. The van der Waals surface area contributed by atoms with Gasteiger partial charge in [0.25, 0.3) is 0 Å². The van der Waals surface area contributed by atoms with Crippen molar-refractivity contribution >= 4 is 78.5 Å². The lowest BCUT2D eigenvalue weighted by Gasteiger charge is -2.34. The Hall–Kier alpha value is -8.24. The highest BCUT2D eigenvalue weighted by atomic mass is 28.3. The summed E-state index contributed by atoms with van der Waals surface area (Å²) in [7, 11) is -2.62. The molecule has 0 atom stereocenters. The average molecular weight is 845 g/mol. The van der Waals surface area contributed by atoms with Crippen LogP contribution in [0.3, 0.4) is 0 Å². The van der Waals surface area contributed by atoms with Crippen molar-refractivity contribution in [3.8, 4) is 27.9 Å². The second kappa shape index (κ2) is 16.1. The van der Waals surface area contributed by atoms with Crippen molar-refractivity contribution in [2.45, 2.75) is 0 Å². The molecule has 12 aromatic rings. The molecular formula is C62H44N2Si. The predicted octanol–water partition coefficient (Wildman–Crippen LogP) is 13.6. The highest BCUT2D eigenvalue weighted by Crippen LogP contribution is 2.46. The van der Waals surface area contributed by atoms with E-state index in [9.17, 15) is 0 Å². The molecule has 11 aromatic carbocycles. The first-order valence-corrected chi connectivity index (χ1v) is 24.4. The summed E-state index contributed by atoms with van der Waals surface area (Å²) in [4.78, 5) is 2.43. The van der Waals surface area contributed by atoms with Crippen molar-refractivity contribution in [1.29, 1.82) is 0 Å². The van der Waals surface area contributed by atoms with Gasteiger partial charge in [0, 0.05) is 33.2 Å². The molecule has 306 valence electrons. The summed E-state index contributed by atoms with van der Waals surface area (Å²) in [6.45, 7) is 0. The second-order valence-electron chi connectivity index (χ2n) is 16.9. The number of anilines is 3. The Morgan fingerprint density at radius 2 is 0.723 bits per heavy atom. The summed E-state index contributed by atoms with van der Waals surface area (Å²) in [5.74, 6) is 0. The molecule has 0 saturated carbocycles. The van der Waals surface area contributed by atoms with Crippen molar-refractivity contribution in [2.24, 2.45) is 0 Å². The molecule has 1 heterocycles. The van der Waals surface area contributed by atoms with Crippen molar-refractivity contribution in [3.63, 3.8) is 0 Å². The van der Waals surface area contributed by atoms with Gasteiger partial charge in [0.1, 0.15) is 0 Å². The molecule has 0 saturated heterocycles. The Kier molecular flexibility index (Phi) is 9.55. The van der Waals surface area contributed by atoms with Gasteiger partial charge in [0.15, 0.2) is 8.07 Å². The van der Waals surface area contributed by atoms with Crippen LogP contribution in [-0.4, -0.2) is 12.6 Å². The molecule has 0 amide bonds. The van der Waals surface area contributed by atoms with Crippen molar-refractivity contribution in [2.75, 3.05) is 4.90 Å². The van der Waals surface area contributed by atoms with Crippen LogP contribution in [-0.2, 0) is 0 Å². The normalized spacial score (nSPS) is 11.7. The number of aromatic nitrogens is 1. The average Bonchev–Trinajstić information content (AvgIpc) is 3.74. The maximum Gasteiger partial charge on any atom is 0.179 e. The smallest absolute Gasteiger partial charge is 0.179 e. The molecule has 0 aliphatic heterocycles. The summed E-state index contributed by atoms with van der Waals surface area (Å²) in [5.41, 5.74) is 11.7. The number of rotatable bonds is 10. The summed E-state index contributed by atoms with van der Waals surface area (Å²) < 4.78 is 2.42. The first-order chi connectivity index (χ1) is 32.3. The van der Waals surface area contributed by atoms with Gasteiger partial charge in [-0.2, -0.15) is 0 Å². The SMILES string of the molecule is c1ccc(-c2ccc(N(c3ccc(-c4ccc([Si](c5ccccc5)(c5ccccc5)c5ccccc5)cc4)cc3)c3ccc4c5c3ccc3cccc(c35)n4-c3ccccc3)cc2)cc1. The van der Waals surface area contributed by atoms with E-state index < -0.39 is 8.07 Å². The molecule has 1 aromatic heterocycles. The van der Waals surface area contributed by atoms with Crippen molar-refractivity contribution < 1.29 is 0 Å². The van der Waals surface area contributed by atoms with E-state index in [1.807, 2.05) is 0 Å². The maximum atomic E-state index is 2.43. The van der Waals surface area contributed by atoms with E-state index in [1.165, 1.54) is 75.6 Å². The predicted molar refractivity (Wildman–Crippen MR) is 279 cm³/mol. The number of hydrogen-bond acceptors (Lipinski definition) is 1. The number of hydrogen-bond donors (Lipinski definition) is 0. The lowest BCUT2D eigenvalue weighted by Crippen LogP contribution is -2.74. The minimum absolute atomic E-state index is 1.10. The first-order valence-electron chi connectivity index (χ1n) is 22.4. The van der Waals surface area contributed by atoms with E-state index in [2.05, 4.69) is 276 Å². The molecular weight excluding hydrogens is 801 g/mol. The molecule has 0 unspecified atom stereocenters. The first kappa shape index (κ1) is 38.4. The molecule has 65 heavy (non-hydrogen) atoms. The summed E-state index contributed by atoms with van der Waals surface area (Å²) in [5, 5.41) is 10.5.